The molecule has 3 aromatic rings. The normalized spacial score (nSPS) is 16.6. The van der Waals surface area contributed by atoms with Crippen LogP contribution in [0.2, 0.25) is 0 Å². The van der Waals surface area contributed by atoms with Crippen LogP contribution < -0.4 is 20.7 Å². The third kappa shape index (κ3) is 6.72. The number of carbonyl (C=O) groups excluding carboxylic acids is 3. The first-order valence-corrected chi connectivity index (χ1v) is 13.5. The van der Waals surface area contributed by atoms with Crippen molar-refractivity contribution in [3.05, 3.63) is 41.7 Å². The molecular weight excluding hydrogens is 564 g/mol. The molecule has 1 aliphatic carbocycles. The van der Waals surface area contributed by atoms with Gasteiger partial charge in [0.2, 0.25) is 5.91 Å². The minimum absolute atomic E-state index is 0.00286. The number of hydrogen-bond donors (Lipinski definition) is 6. The molecule has 0 radical (unpaired) electrons. The van der Waals surface area contributed by atoms with Crippen LogP contribution in [-0.2, 0) is 16.6 Å². The van der Waals surface area contributed by atoms with E-state index in [-0.39, 0.29) is 35.3 Å². The monoisotopic (exact) mass is 596 g/mol. The molecule has 5 rings (SSSR count). The number of aliphatic hydroxyl groups is 3. The highest BCUT2D eigenvalue weighted by Crippen LogP contribution is 2.38. The molecule has 0 bridgehead atoms. The zero-order valence-electron chi connectivity index (χ0n) is 23.7. The van der Waals surface area contributed by atoms with Crippen LogP contribution in [0.3, 0.4) is 0 Å². The number of carbonyl (C=O) groups is 3. The Morgan fingerprint density at radius 1 is 1.05 bits per heavy atom. The molecule has 1 aliphatic heterocycles. The van der Waals surface area contributed by atoms with Crippen molar-refractivity contribution in [2.45, 2.75) is 31.5 Å². The minimum Gasteiger partial charge on any atom is -0.494 e. The van der Waals surface area contributed by atoms with E-state index in [4.69, 9.17) is 9.47 Å². The van der Waals surface area contributed by atoms with Gasteiger partial charge in [-0.3, -0.25) is 24.4 Å². The van der Waals surface area contributed by atoms with Gasteiger partial charge in [0.15, 0.2) is 17.3 Å². The largest absolute Gasteiger partial charge is 0.494 e. The molecule has 16 nitrogen and oxygen atoms in total. The van der Waals surface area contributed by atoms with Crippen molar-refractivity contribution in [2.75, 3.05) is 37.9 Å². The van der Waals surface area contributed by atoms with E-state index in [0.29, 0.717) is 41.5 Å². The third-order valence-corrected chi connectivity index (χ3v) is 7.12. The zero-order valence-corrected chi connectivity index (χ0v) is 23.7. The van der Waals surface area contributed by atoms with Gasteiger partial charge in [-0.1, -0.05) is 6.07 Å². The maximum Gasteiger partial charge on any atom is 0.369 e. The predicted octanol–water partition coefficient (Wildman–Crippen LogP) is 0.157. The molecule has 1 atom stereocenters. The van der Waals surface area contributed by atoms with Crippen molar-refractivity contribution in [3.8, 4) is 17.0 Å². The van der Waals surface area contributed by atoms with Gasteiger partial charge in [-0.25, -0.2) is 0 Å². The van der Waals surface area contributed by atoms with Gasteiger partial charge in [0.1, 0.15) is 5.69 Å². The lowest BCUT2D eigenvalue weighted by molar-refractivity contribution is -0.323. The number of methoxy groups -OCH3 is 2. The summed E-state index contributed by atoms with van der Waals surface area (Å²) in [4.78, 5) is 40.0. The summed E-state index contributed by atoms with van der Waals surface area (Å²) in [5.74, 6) is -1.39. The number of amides is 3. The Labute approximate surface area is 245 Å². The number of likely N-dealkylation sites (tertiary alicyclic amines) is 1. The summed E-state index contributed by atoms with van der Waals surface area (Å²) >= 11 is 0. The van der Waals surface area contributed by atoms with Gasteiger partial charge in [-0.05, 0) is 37.5 Å². The topological polar surface area (TPSA) is 213 Å². The molecule has 2 aliphatic rings. The van der Waals surface area contributed by atoms with Crippen molar-refractivity contribution >= 4 is 34.9 Å². The number of aromatic nitrogens is 4. The molecule has 1 saturated carbocycles. The second-order valence-corrected chi connectivity index (χ2v) is 10.3. The summed E-state index contributed by atoms with van der Waals surface area (Å²) in [5.41, 5.74) is 1.25. The Bertz CT molecular complexity index is 1550. The standard InChI is InChI=1S/C27H32N8O8/c1-34-20(26(38)35-10-9-15(13-35)42-2)11-18(33-34)16-5-4-6-17(23(16)43-3)28-19-12-21(29-24(36)14-7-8-14)31-32-22(19)25(37)30-27(39,40)41/h4-6,11-12,14-15,39-41H,7-10,13H2,1-3H3,(H,30,37)(H2,28,29,31,36). The Balaban J connectivity index is 1.47. The van der Waals surface area contributed by atoms with E-state index in [1.54, 1.807) is 48.6 Å². The number of hydrogen-bond acceptors (Lipinski definition) is 12. The number of benzene rings is 1. The molecule has 228 valence electrons. The molecule has 1 aromatic carbocycles. The van der Waals surface area contributed by atoms with Gasteiger partial charge in [0.05, 0.1) is 30.3 Å². The molecule has 16 heteroatoms. The third-order valence-electron chi connectivity index (χ3n) is 7.12. The Hall–Kier alpha value is -4.64. The first-order chi connectivity index (χ1) is 20.5. The van der Waals surface area contributed by atoms with Crippen LogP contribution in [-0.4, -0.2) is 97.4 Å². The van der Waals surface area contributed by atoms with Crippen LogP contribution in [0.15, 0.2) is 30.3 Å². The van der Waals surface area contributed by atoms with E-state index in [2.05, 4.69) is 25.9 Å². The molecular formula is C27H32N8O8. The zero-order chi connectivity index (χ0) is 30.9. The predicted molar refractivity (Wildman–Crippen MR) is 150 cm³/mol. The maximum atomic E-state index is 13.2. The fraction of sp³-hybridized carbons (Fsp3) is 0.407. The molecule has 1 unspecified atom stereocenters. The van der Waals surface area contributed by atoms with Crippen LogP contribution in [0.25, 0.3) is 11.3 Å². The van der Waals surface area contributed by atoms with Gasteiger partial charge >= 0.3 is 6.10 Å². The van der Waals surface area contributed by atoms with Crippen LogP contribution >= 0.6 is 0 Å². The van der Waals surface area contributed by atoms with E-state index in [1.807, 2.05) is 0 Å². The van der Waals surface area contributed by atoms with Crippen molar-refractivity contribution in [1.29, 1.82) is 0 Å². The van der Waals surface area contributed by atoms with Crippen molar-refractivity contribution in [2.24, 2.45) is 13.0 Å². The first-order valence-electron chi connectivity index (χ1n) is 13.5. The van der Waals surface area contributed by atoms with Gasteiger partial charge in [0.25, 0.3) is 11.8 Å². The fourth-order valence-corrected chi connectivity index (χ4v) is 4.77. The van der Waals surface area contributed by atoms with Crippen molar-refractivity contribution in [1.82, 2.24) is 30.2 Å². The Morgan fingerprint density at radius 2 is 1.81 bits per heavy atom. The first kappa shape index (κ1) is 29.8. The quantitative estimate of drug-likeness (QED) is 0.173. The van der Waals surface area contributed by atoms with Crippen LogP contribution in [0.1, 0.15) is 40.2 Å². The van der Waals surface area contributed by atoms with E-state index < -0.39 is 17.7 Å². The summed E-state index contributed by atoms with van der Waals surface area (Å²) in [7, 11) is 4.73. The van der Waals surface area contributed by atoms with Gasteiger partial charge in [-0.2, -0.15) is 5.10 Å². The summed E-state index contributed by atoms with van der Waals surface area (Å²) in [6.07, 6.45) is -1.26. The van der Waals surface area contributed by atoms with E-state index >= 15 is 0 Å². The average molecular weight is 597 g/mol. The number of nitrogens with zero attached hydrogens (tertiary/aromatic N) is 5. The molecule has 3 heterocycles. The summed E-state index contributed by atoms with van der Waals surface area (Å²) in [6, 6.07) is 8.08. The highest BCUT2D eigenvalue weighted by Gasteiger charge is 2.32. The molecule has 1 saturated heterocycles. The molecule has 43 heavy (non-hydrogen) atoms. The lowest BCUT2D eigenvalue weighted by atomic mass is 10.1. The Kier molecular flexibility index (Phi) is 8.27. The lowest BCUT2D eigenvalue weighted by Crippen LogP contribution is -2.48. The van der Waals surface area contributed by atoms with Gasteiger partial charge < -0.3 is 40.3 Å². The number of nitrogens with one attached hydrogen (secondary N) is 3. The molecule has 2 aromatic heterocycles. The van der Waals surface area contributed by atoms with Crippen LogP contribution in [0, 0.1) is 5.92 Å². The van der Waals surface area contributed by atoms with Gasteiger partial charge in [0, 0.05) is 44.8 Å². The van der Waals surface area contributed by atoms with E-state index in [1.165, 1.54) is 17.9 Å². The summed E-state index contributed by atoms with van der Waals surface area (Å²) in [6.45, 7) is 1.06. The van der Waals surface area contributed by atoms with Crippen molar-refractivity contribution < 1.29 is 39.2 Å². The highest BCUT2D eigenvalue weighted by atomic mass is 16.7. The molecule has 3 amide bonds. The highest BCUT2D eigenvalue weighted by molar-refractivity contribution is 6.00. The number of ether oxygens (including phenoxy) is 2. The van der Waals surface area contributed by atoms with Crippen LogP contribution in [0.5, 0.6) is 5.75 Å². The van der Waals surface area contributed by atoms with E-state index in [9.17, 15) is 29.7 Å². The molecule has 0 spiro atoms. The minimum atomic E-state index is -3.51. The SMILES string of the molecule is COc1c(Nc2cc(NC(=O)C3CC3)nnc2C(=O)NC(O)(O)O)cccc1-c1cc(C(=O)N2CCC(OC)C2)n(C)n1. The summed E-state index contributed by atoms with van der Waals surface area (Å²) < 4.78 is 12.6. The number of rotatable bonds is 10. The van der Waals surface area contributed by atoms with E-state index in [0.717, 1.165) is 19.3 Å². The van der Waals surface area contributed by atoms with Gasteiger partial charge in [-0.15, -0.1) is 10.2 Å². The smallest absolute Gasteiger partial charge is 0.369 e. The maximum absolute atomic E-state index is 13.2. The number of aryl methyl sites for hydroxylation is 1. The van der Waals surface area contributed by atoms with Crippen molar-refractivity contribution in [3.63, 3.8) is 0 Å². The lowest BCUT2D eigenvalue weighted by Gasteiger charge is -2.18. The number of anilines is 3. The molecule has 6 N–H and O–H groups in total. The fourth-order valence-electron chi connectivity index (χ4n) is 4.77. The van der Waals surface area contributed by atoms with Crippen LogP contribution in [0.4, 0.5) is 17.2 Å². The summed E-state index contributed by atoms with van der Waals surface area (Å²) in [5, 5.41) is 47.2. The number of para-hydroxylation sites is 1. The second kappa shape index (κ2) is 11.9. The second-order valence-electron chi connectivity index (χ2n) is 10.3. The Morgan fingerprint density at radius 3 is 2.47 bits per heavy atom. The molecule has 2 fully saturated rings. The average Bonchev–Trinajstić information content (AvgIpc) is 3.58.